The van der Waals surface area contributed by atoms with Gasteiger partial charge < -0.3 is 5.32 Å². The quantitative estimate of drug-likeness (QED) is 0.852. The Morgan fingerprint density at radius 1 is 1.44 bits per heavy atom. The van der Waals surface area contributed by atoms with Crippen molar-refractivity contribution in [1.29, 1.82) is 0 Å². The molecule has 0 saturated carbocycles. The minimum atomic E-state index is 0.876. The van der Waals surface area contributed by atoms with Crippen LogP contribution in [0.3, 0.4) is 0 Å². The molecule has 1 nitrogen and oxygen atoms in total. The third-order valence-electron chi connectivity index (χ3n) is 2.30. The molecule has 84 valence electrons. The summed E-state index contributed by atoms with van der Waals surface area (Å²) in [5.74, 6) is 0. The molecule has 2 rings (SSSR count). The maximum absolute atomic E-state index is 5.09. The third kappa shape index (κ3) is 2.97. The van der Waals surface area contributed by atoms with Gasteiger partial charge in [-0.15, -0.1) is 23.1 Å². The Balaban J connectivity index is 1.97. The van der Waals surface area contributed by atoms with Gasteiger partial charge in [-0.05, 0) is 30.2 Å². The SMILES string of the molecule is CSC(=S)NCCc1cc2ccccc2s1. The van der Waals surface area contributed by atoms with Gasteiger partial charge in [0.1, 0.15) is 4.32 Å². The van der Waals surface area contributed by atoms with E-state index in [0.717, 1.165) is 17.3 Å². The van der Waals surface area contributed by atoms with Crippen molar-refractivity contribution in [3.63, 3.8) is 0 Å². The summed E-state index contributed by atoms with van der Waals surface area (Å²) >= 11 is 8.55. The topological polar surface area (TPSA) is 12.0 Å². The van der Waals surface area contributed by atoms with E-state index in [9.17, 15) is 0 Å². The summed E-state index contributed by atoms with van der Waals surface area (Å²) in [6.07, 6.45) is 3.04. The van der Waals surface area contributed by atoms with Gasteiger partial charge in [0.15, 0.2) is 0 Å². The lowest BCUT2D eigenvalue weighted by Crippen LogP contribution is -2.20. The highest BCUT2D eigenvalue weighted by molar-refractivity contribution is 8.22. The Labute approximate surface area is 109 Å². The fourth-order valence-corrected chi connectivity index (χ4v) is 2.93. The predicted octanol–water partition coefficient (Wildman–Crippen LogP) is 3.68. The van der Waals surface area contributed by atoms with Gasteiger partial charge in [-0.2, -0.15) is 0 Å². The molecule has 0 saturated heterocycles. The molecule has 0 unspecified atom stereocenters. The van der Waals surface area contributed by atoms with Crippen LogP contribution >= 0.6 is 35.3 Å². The highest BCUT2D eigenvalue weighted by atomic mass is 32.2. The van der Waals surface area contributed by atoms with E-state index < -0.39 is 0 Å². The lowest BCUT2D eigenvalue weighted by molar-refractivity contribution is 0.896. The van der Waals surface area contributed by atoms with Gasteiger partial charge in [-0.3, -0.25) is 0 Å². The zero-order chi connectivity index (χ0) is 11.4. The highest BCUT2D eigenvalue weighted by Gasteiger charge is 2.01. The minimum absolute atomic E-state index is 0.876. The Bertz CT molecular complexity index is 457. The van der Waals surface area contributed by atoms with Crippen molar-refractivity contribution in [2.75, 3.05) is 12.8 Å². The number of thiophene rings is 1. The van der Waals surface area contributed by atoms with Gasteiger partial charge in [0.2, 0.25) is 0 Å². The van der Waals surface area contributed by atoms with Crippen LogP contribution in [0.15, 0.2) is 30.3 Å². The molecule has 0 spiro atoms. The second kappa shape index (κ2) is 5.66. The van der Waals surface area contributed by atoms with Crippen LogP contribution in [0.2, 0.25) is 0 Å². The Kier molecular flexibility index (Phi) is 4.21. The monoisotopic (exact) mass is 267 g/mol. The van der Waals surface area contributed by atoms with E-state index in [4.69, 9.17) is 12.2 Å². The molecule has 1 N–H and O–H groups in total. The average Bonchev–Trinajstić information content (AvgIpc) is 2.71. The van der Waals surface area contributed by atoms with Gasteiger partial charge in [-0.1, -0.05) is 30.4 Å². The van der Waals surface area contributed by atoms with Crippen LogP contribution < -0.4 is 5.32 Å². The average molecular weight is 267 g/mol. The van der Waals surface area contributed by atoms with Crippen molar-refractivity contribution in [1.82, 2.24) is 5.32 Å². The molecule has 1 aromatic carbocycles. The van der Waals surface area contributed by atoms with E-state index in [1.54, 1.807) is 11.8 Å². The van der Waals surface area contributed by atoms with Gasteiger partial charge in [0.05, 0.1) is 0 Å². The molecule has 4 heteroatoms. The first-order chi connectivity index (χ1) is 7.79. The molecule has 0 bridgehead atoms. The lowest BCUT2D eigenvalue weighted by atomic mass is 10.2. The normalized spacial score (nSPS) is 10.6. The summed E-state index contributed by atoms with van der Waals surface area (Å²) in [6.45, 7) is 0.923. The summed E-state index contributed by atoms with van der Waals surface area (Å²) in [5, 5.41) is 4.57. The highest BCUT2D eigenvalue weighted by Crippen LogP contribution is 2.25. The molecule has 0 amide bonds. The van der Waals surface area contributed by atoms with Gasteiger partial charge in [-0.25, -0.2) is 0 Å². The summed E-state index contributed by atoms with van der Waals surface area (Å²) < 4.78 is 2.24. The summed E-state index contributed by atoms with van der Waals surface area (Å²) in [7, 11) is 0. The minimum Gasteiger partial charge on any atom is -0.371 e. The number of benzene rings is 1. The van der Waals surface area contributed by atoms with Crippen molar-refractivity contribution in [3.8, 4) is 0 Å². The van der Waals surface area contributed by atoms with Crippen molar-refractivity contribution in [2.24, 2.45) is 0 Å². The van der Waals surface area contributed by atoms with Crippen LogP contribution in [0.25, 0.3) is 10.1 Å². The van der Waals surface area contributed by atoms with Crippen LogP contribution in [0.1, 0.15) is 4.88 Å². The fourth-order valence-electron chi connectivity index (χ4n) is 1.52. The largest absolute Gasteiger partial charge is 0.371 e. The van der Waals surface area contributed by atoms with Crippen molar-refractivity contribution < 1.29 is 0 Å². The first-order valence-electron chi connectivity index (χ1n) is 5.09. The first kappa shape index (κ1) is 11.9. The number of nitrogens with one attached hydrogen (secondary N) is 1. The molecule has 0 atom stereocenters. The maximum atomic E-state index is 5.09. The molecular formula is C12H13NS3. The summed E-state index contributed by atoms with van der Waals surface area (Å²) in [6, 6.07) is 10.8. The Morgan fingerprint density at radius 2 is 2.25 bits per heavy atom. The molecule has 0 fully saturated rings. The van der Waals surface area contributed by atoms with Crippen molar-refractivity contribution in [3.05, 3.63) is 35.2 Å². The Morgan fingerprint density at radius 3 is 3.00 bits per heavy atom. The molecule has 0 aliphatic heterocycles. The zero-order valence-corrected chi connectivity index (χ0v) is 11.5. The molecule has 1 aromatic heterocycles. The summed E-state index contributed by atoms with van der Waals surface area (Å²) in [4.78, 5) is 1.41. The number of hydrogen-bond acceptors (Lipinski definition) is 3. The first-order valence-corrected chi connectivity index (χ1v) is 7.54. The van der Waals surface area contributed by atoms with Crippen LogP contribution in [0.5, 0.6) is 0 Å². The summed E-state index contributed by atoms with van der Waals surface area (Å²) in [5.41, 5.74) is 0. The van der Waals surface area contributed by atoms with E-state index in [1.165, 1.54) is 15.0 Å². The molecular weight excluding hydrogens is 254 g/mol. The number of thiocarbonyl (C=S) groups is 1. The van der Waals surface area contributed by atoms with Gasteiger partial charge in [0.25, 0.3) is 0 Å². The van der Waals surface area contributed by atoms with Crippen LogP contribution in [-0.2, 0) is 6.42 Å². The van der Waals surface area contributed by atoms with Crippen molar-refractivity contribution in [2.45, 2.75) is 6.42 Å². The van der Waals surface area contributed by atoms with Gasteiger partial charge in [0, 0.05) is 16.1 Å². The standard InChI is InChI=1S/C12H13NS3/c1-15-12(14)13-7-6-10-8-9-4-2-3-5-11(9)16-10/h2-5,8H,6-7H2,1H3,(H,13,14). The number of fused-ring (bicyclic) bond motifs is 1. The van der Waals surface area contributed by atoms with Crippen LogP contribution in [-0.4, -0.2) is 17.1 Å². The molecule has 0 aliphatic carbocycles. The van der Waals surface area contributed by atoms with E-state index in [1.807, 2.05) is 17.6 Å². The van der Waals surface area contributed by atoms with Crippen molar-refractivity contribution >= 4 is 49.7 Å². The second-order valence-corrected chi connectivity index (χ2v) is 6.07. The second-order valence-electron chi connectivity index (χ2n) is 3.42. The number of rotatable bonds is 3. The number of hydrogen-bond donors (Lipinski definition) is 1. The molecule has 2 aromatic rings. The van der Waals surface area contributed by atoms with Crippen LogP contribution in [0.4, 0.5) is 0 Å². The van der Waals surface area contributed by atoms with Crippen LogP contribution in [0, 0.1) is 0 Å². The van der Waals surface area contributed by atoms with E-state index in [2.05, 4.69) is 35.6 Å². The zero-order valence-electron chi connectivity index (χ0n) is 9.03. The van der Waals surface area contributed by atoms with E-state index >= 15 is 0 Å². The van der Waals surface area contributed by atoms with E-state index in [0.29, 0.717) is 0 Å². The molecule has 0 radical (unpaired) electrons. The van der Waals surface area contributed by atoms with Gasteiger partial charge >= 0.3 is 0 Å². The maximum Gasteiger partial charge on any atom is 0.133 e. The van der Waals surface area contributed by atoms with E-state index in [-0.39, 0.29) is 0 Å². The number of thioether (sulfide) groups is 1. The smallest absolute Gasteiger partial charge is 0.133 e. The lowest BCUT2D eigenvalue weighted by Gasteiger charge is -2.02. The fraction of sp³-hybridized carbons (Fsp3) is 0.250. The molecule has 1 heterocycles. The third-order valence-corrected chi connectivity index (χ3v) is 4.64. The predicted molar refractivity (Wildman–Crippen MR) is 79.6 cm³/mol. The molecule has 16 heavy (non-hydrogen) atoms. The Hall–Kier alpha value is -0.580. The molecule has 0 aliphatic rings.